The molecule has 0 saturated carbocycles. The summed E-state index contributed by atoms with van der Waals surface area (Å²) < 4.78 is 5.47. The van der Waals surface area contributed by atoms with E-state index in [1.807, 2.05) is 0 Å². The number of nitrogens with zero attached hydrogens (tertiary/aromatic N) is 2. The summed E-state index contributed by atoms with van der Waals surface area (Å²) in [4.78, 5) is 0. The minimum absolute atomic E-state index is 0.00231. The third-order valence-electron chi connectivity index (χ3n) is 1.63. The van der Waals surface area contributed by atoms with Crippen LogP contribution in [0.2, 0.25) is 0 Å². The normalized spacial score (nSPS) is 9.92. The highest BCUT2D eigenvalue weighted by Gasteiger charge is 2.12. The molecule has 0 radical (unpaired) electrons. The molecule has 0 amide bonds. The van der Waals surface area contributed by atoms with Crippen LogP contribution in [-0.4, -0.2) is 0 Å². The predicted octanol–water partition coefficient (Wildman–Crippen LogP) is 0.938. The molecular weight excluding hydrogens is 156 g/mol. The van der Waals surface area contributed by atoms with Gasteiger partial charge in [-0.1, -0.05) is 0 Å². The summed E-state index contributed by atoms with van der Waals surface area (Å²) in [5.41, 5.74) is 0.340. The standard InChI is InChI=1S/C8H4N2O2/c9-5-7-8-6(2-4-12-8)1-3-10(7)11/h1-4H. The third kappa shape index (κ3) is 0.736. The first-order chi connectivity index (χ1) is 5.83. The van der Waals surface area contributed by atoms with Gasteiger partial charge in [-0.15, -0.1) is 0 Å². The molecule has 0 spiro atoms. The minimum Gasteiger partial charge on any atom is -0.618 e. The van der Waals surface area contributed by atoms with Crippen LogP contribution in [0.5, 0.6) is 0 Å². The number of rotatable bonds is 0. The summed E-state index contributed by atoms with van der Waals surface area (Å²) in [7, 11) is 0. The lowest BCUT2D eigenvalue weighted by atomic mass is 10.3. The molecule has 0 N–H and O–H groups in total. The van der Waals surface area contributed by atoms with Crippen LogP contribution < -0.4 is 4.73 Å². The highest BCUT2D eigenvalue weighted by molar-refractivity contribution is 5.79. The Morgan fingerprint density at radius 1 is 1.50 bits per heavy atom. The summed E-state index contributed by atoms with van der Waals surface area (Å²) in [5.74, 6) is 0. The Morgan fingerprint density at radius 2 is 2.33 bits per heavy atom. The number of hydrogen-bond donors (Lipinski definition) is 0. The topological polar surface area (TPSA) is 63.9 Å². The number of fused-ring (bicyclic) bond motifs is 1. The van der Waals surface area contributed by atoms with Crippen LogP contribution >= 0.6 is 0 Å². The average Bonchev–Trinajstić information content (AvgIpc) is 2.52. The van der Waals surface area contributed by atoms with Crippen molar-refractivity contribution in [3.05, 3.63) is 35.5 Å². The van der Waals surface area contributed by atoms with E-state index in [0.717, 1.165) is 5.39 Å². The minimum atomic E-state index is -0.00231. The van der Waals surface area contributed by atoms with Crippen molar-refractivity contribution in [2.75, 3.05) is 0 Å². The number of aromatic nitrogens is 1. The largest absolute Gasteiger partial charge is 0.618 e. The maximum atomic E-state index is 11.0. The Balaban J connectivity index is 2.94. The molecule has 4 heteroatoms. The fourth-order valence-electron chi connectivity index (χ4n) is 1.07. The van der Waals surface area contributed by atoms with Crippen molar-refractivity contribution in [1.29, 1.82) is 5.26 Å². The van der Waals surface area contributed by atoms with Crippen LogP contribution in [0.3, 0.4) is 0 Å². The zero-order valence-corrected chi connectivity index (χ0v) is 6.02. The quantitative estimate of drug-likeness (QED) is 0.425. The van der Waals surface area contributed by atoms with Crippen molar-refractivity contribution < 1.29 is 9.15 Å². The molecule has 2 rings (SSSR count). The molecule has 0 bridgehead atoms. The molecule has 0 aliphatic heterocycles. The van der Waals surface area contributed by atoms with Crippen LogP contribution in [0.15, 0.2) is 29.0 Å². The lowest BCUT2D eigenvalue weighted by Crippen LogP contribution is -2.29. The van der Waals surface area contributed by atoms with Crippen molar-refractivity contribution in [2.45, 2.75) is 0 Å². The van der Waals surface area contributed by atoms with E-state index in [1.54, 1.807) is 18.2 Å². The first-order valence-corrected chi connectivity index (χ1v) is 3.32. The van der Waals surface area contributed by atoms with Gasteiger partial charge in [0.15, 0.2) is 12.3 Å². The molecule has 12 heavy (non-hydrogen) atoms. The summed E-state index contributed by atoms with van der Waals surface area (Å²) in [6.07, 6.45) is 2.74. The summed E-state index contributed by atoms with van der Waals surface area (Å²) in [6.45, 7) is 0. The molecule has 0 aliphatic rings. The van der Waals surface area contributed by atoms with Gasteiger partial charge in [-0.25, -0.2) is 0 Å². The first-order valence-electron chi connectivity index (χ1n) is 3.32. The van der Waals surface area contributed by atoms with Crippen molar-refractivity contribution in [2.24, 2.45) is 0 Å². The zero-order valence-electron chi connectivity index (χ0n) is 6.02. The van der Waals surface area contributed by atoms with E-state index in [2.05, 4.69) is 0 Å². The van der Waals surface area contributed by atoms with Crippen LogP contribution in [0.4, 0.5) is 0 Å². The smallest absolute Gasteiger partial charge is 0.338 e. The first kappa shape index (κ1) is 6.68. The van der Waals surface area contributed by atoms with E-state index in [1.165, 1.54) is 12.5 Å². The van der Waals surface area contributed by atoms with E-state index in [4.69, 9.17) is 9.68 Å². The third-order valence-corrected chi connectivity index (χ3v) is 1.63. The Kier molecular flexibility index (Phi) is 1.25. The van der Waals surface area contributed by atoms with Crippen molar-refractivity contribution in [3.63, 3.8) is 0 Å². The summed E-state index contributed by atoms with van der Waals surface area (Å²) in [6, 6.07) is 5.09. The van der Waals surface area contributed by atoms with Gasteiger partial charge in [0.2, 0.25) is 5.58 Å². The molecule has 0 unspecified atom stereocenters. The Bertz CT molecular complexity index is 467. The van der Waals surface area contributed by atoms with Crippen LogP contribution in [-0.2, 0) is 0 Å². The van der Waals surface area contributed by atoms with Gasteiger partial charge in [-0.3, -0.25) is 0 Å². The highest BCUT2D eigenvalue weighted by Crippen LogP contribution is 2.15. The van der Waals surface area contributed by atoms with E-state index in [0.29, 0.717) is 10.3 Å². The molecule has 4 nitrogen and oxygen atoms in total. The lowest BCUT2D eigenvalue weighted by Gasteiger charge is -1.95. The molecule has 2 aromatic rings. The molecule has 0 aromatic carbocycles. The lowest BCUT2D eigenvalue weighted by molar-refractivity contribution is -0.607. The molecule has 0 atom stereocenters. The van der Waals surface area contributed by atoms with Crippen LogP contribution in [0.25, 0.3) is 11.0 Å². The van der Waals surface area contributed by atoms with Crippen LogP contribution in [0.1, 0.15) is 5.69 Å². The maximum Gasteiger partial charge on any atom is 0.338 e. The van der Waals surface area contributed by atoms with Gasteiger partial charge in [0.1, 0.15) is 0 Å². The highest BCUT2D eigenvalue weighted by atomic mass is 16.5. The molecule has 2 heterocycles. The van der Waals surface area contributed by atoms with Gasteiger partial charge in [-0.05, 0) is 6.07 Å². The average molecular weight is 160 g/mol. The summed E-state index contributed by atoms with van der Waals surface area (Å²) >= 11 is 0. The van der Waals surface area contributed by atoms with Gasteiger partial charge in [-0.2, -0.15) is 9.99 Å². The van der Waals surface area contributed by atoms with Gasteiger partial charge < -0.3 is 9.62 Å². The molecule has 58 valence electrons. The molecule has 0 aliphatic carbocycles. The van der Waals surface area contributed by atoms with E-state index in [9.17, 15) is 5.21 Å². The molecule has 0 saturated heterocycles. The van der Waals surface area contributed by atoms with E-state index in [-0.39, 0.29) is 5.69 Å². The van der Waals surface area contributed by atoms with Crippen molar-refractivity contribution >= 4 is 11.0 Å². The van der Waals surface area contributed by atoms with Gasteiger partial charge in [0.05, 0.1) is 6.26 Å². The van der Waals surface area contributed by atoms with E-state index < -0.39 is 0 Å². The zero-order chi connectivity index (χ0) is 8.55. The predicted molar refractivity (Wildman–Crippen MR) is 39.9 cm³/mol. The number of hydrogen-bond acceptors (Lipinski definition) is 3. The Morgan fingerprint density at radius 3 is 3.08 bits per heavy atom. The molecule has 0 fully saturated rings. The maximum absolute atomic E-state index is 11.0. The van der Waals surface area contributed by atoms with Gasteiger partial charge >= 0.3 is 5.69 Å². The van der Waals surface area contributed by atoms with Crippen molar-refractivity contribution in [1.82, 2.24) is 0 Å². The second kappa shape index (κ2) is 2.24. The number of nitriles is 1. The van der Waals surface area contributed by atoms with Crippen molar-refractivity contribution in [3.8, 4) is 6.07 Å². The van der Waals surface area contributed by atoms with Crippen LogP contribution in [0, 0.1) is 16.5 Å². The fraction of sp³-hybridized carbons (Fsp3) is 0. The van der Waals surface area contributed by atoms with Gasteiger partial charge in [0.25, 0.3) is 0 Å². The molecular formula is C8H4N2O2. The SMILES string of the molecule is N#Cc1c2occc2cc[n+]1[O-]. The number of furan rings is 1. The monoisotopic (exact) mass is 160 g/mol. The Hall–Kier alpha value is -2.02. The number of pyridine rings is 1. The molecule has 2 aromatic heterocycles. The second-order valence-corrected chi connectivity index (χ2v) is 2.31. The summed E-state index contributed by atoms with van der Waals surface area (Å²) in [5, 5.41) is 20.4. The Labute approximate surface area is 67.8 Å². The second-order valence-electron chi connectivity index (χ2n) is 2.31. The van der Waals surface area contributed by atoms with Gasteiger partial charge in [0, 0.05) is 11.5 Å². The fourth-order valence-corrected chi connectivity index (χ4v) is 1.07. The van der Waals surface area contributed by atoms with E-state index >= 15 is 0 Å².